The molecule has 5 nitrogen and oxygen atoms in total. The number of nitrogens with two attached hydrogens (primary N) is 1. The summed E-state index contributed by atoms with van der Waals surface area (Å²) in [5.41, 5.74) is 4.92. The molecular formula is C10H19NO4. The van der Waals surface area contributed by atoms with E-state index in [-0.39, 0.29) is 6.42 Å². The van der Waals surface area contributed by atoms with Gasteiger partial charge in [0.1, 0.15) is 0 Å². The largest absolute Gasteiger partial charge is 0.481 e. The van der Waals surface area contributed by atoms with Gasteiger partial charge in [0.25, 0.3) is 0 Å². The number of rotatable bonds is 4. The van der Waals surface area contributed by atoms with Crippen molar-refractivity contribution < 1.29 is 20.1 Å². The molecule has 0 heterocycles. The van der Waals surface area contributed by atoms with Crippen molar-refractivity contribution in [3.63, 3.8) is 0 Å². The predicted molar refractivity (Wildman–Crippen MR) is 54.3 cm³/mol. The Hall–Kier alpha value is -0.650. The third-order valence-corrected chi connectivity index (χ3v) is 3.20. The van der Waals surface area contributed by atoms with Gasteiger partial charge in [-0.3, -0.25) is 4.79 Å². The number of aliphatic hydroxyl groups excluding tert-OH is 2. The first-order valence-corrected chi connectivity index (χ1v) is 5.33. The maximum absolute atomic E-state index is 10.3. The maximum Gasteiger partial charge on any atom is 0.303 e. The summed E-state index contributed by atoms with van der Waals surface area (Å²) in [7, 11) is 0. The van der Waals surface area contributed by atoms with Crippen LogP contribution in [-0.2, 0) is 4.79 Å². The van der Waals surface area contributed by atoms with Gasteiger partial charge in [0.2, 0.25) is 0 Å². The number of carboxylic acid groups (broad SMARTS) is 1. The second-order valence-corrected chi connectivity index (χ2v) is 4.32. The lowest BCUT2D eigenvalue weighted by atomic mass is 9.74. The van der Waals surface area contributed by atoms with Crippen LogP contribution in [0.4, 0.5) is 0 Å². The van der Waals surface area contributed by atoms with E-state index in [0.29, 0.717) is 25.7 Å². The van der Waals surface area contributed by atoms with Gasteiger partial charge in [-0.1, -0.05) is 0 Å². The number of hydrogen-bond donors (Lipinski definition) is 4. The molecule has 0 aromatic heterocycles. The van der Waals surface area contributed by atoms with Crippen molar-refractivity contribution in [1.82, 2.24) is 0 Å². The van der Waals surface area contributed by atoms with Crippen molar-refractivity contribution in [2.45, 2.75) is 56.3 Å². The topological polar surface area (TPSA) is 104 Å². The molecule has 1 unspecified atom stereocenters. The Morgan fingerprint density at radius 3 is 2.33 bits per heavy atom. The number of aliphatic carboxylic acids is 1. The van der Waals surface area contributed by atoms with E-state index in [1.165, 1.54) is 0 Å². The summed E-state index contributed by atoms with van der Waals surface area (Å²) in [5, 5.41) is 28.0. The number of carboxylic acids is 1. The minimum absolute atomic E-state index is 0.0262. The van der Waals surface area contributed by atoms with Crippen LogP contribution in [0.3, 0.4) is 0 Å². The summed E-state index contributed by atoms with van der Waals surface area (Å²) >= 11 is 0. The molecule has 1 aliphatic carbocycles. The summed E-state index contributed by atoms with van der Waals surface area (Å²) < 4.78 is 0. The maximum atomic E-state index is 10.3. The predicted octanol–water partition coefficient (Wildman–Crippen LogP) is -0.156. The Kier molecular flexibility index (Phi) is 4.07. The molecule has 0 aliphatic heterocycles. The zero-order valence-corrected chi connectivity index (χ0v) is 8.72. The highest BCUT2D eigenvalue weighted by atomic mass is 16.4. The molecule has 1 rings (SSSR count). The molecule has 0 saturated heterocycles. The molecule has 1 fully saturated rings. The van der Waals surface area contributed by atoms with Gasteiger partial charge in [0.15, 0.2) is 0 Å². The van der Waals surface area contributed by atoms with E-state index in [1.54, 1.807) is 0 Å². The third kappa shape index (κ3) is 2.90. The molecule has 5 N–H and O–H groups in total. The van der Waals surface area contributed by atoms with Gasteiger partial charge >= 0.3 is 5.97 Å². The summed E-state index contributed by atoms with van der Waals surface area (Å²) in [6.45, 7) is 0. The van der Waals surface area contributed by atoms with Crippen LogP contribution in [-0.4, -0.2) is 39.0 Å². The second kappa shape index (κ2) is 4.92. The fraction of sp³-hybridized carbons (Fsp3) is 0.900. The lowest BCUT2D eigenvalue weighted by Gasteiger charge is -2.42. The smallest absolute Gasteiger partial charge is 0.303 e. The Labute approximate surface area is 88.9 Å². The van der Waals surface area contributed by atoms with Gasteiger partial charge in [-0.25, -0.2) is 0 Å². The molecule has 15 heavy (non-hydrogen) atoms. The van der Waals surface area contributed by atoms with Crippen LogP contribution >= 0.6 is 0 Å². The van der Waals surface area contributed by atoms with Gasteiger partial charge in [-0.15, -0.1) is 0 Å². The van der Waals surface area contributed by atoms with E-state index in [9.17, 15) is 15.0 Å². The standard InChI is InChI=1S/C10H19NO4/c11-10(6-2-5-9(14)15)7(12)3-1-4-8(10)13/h7-8,12-13H,1-6,11H2,(H,14,15)/t7-,8+,10?. The average molecular weight is 217 g/mol. The summed E-state index contributed by atoms with van der Waals surface area (Å²) in [6, 6.07) is 0. The molecule has 0 aromatic rings. The van der Waals surface area contributed by atoms with Gasteiger partial charge in [-0.05, 0) is 32.1 Å². The van der Waals surface area contributed by atoms with Gasteiger partial charge in [0, 0.05) is 6.42 Å². The van der Waals surface area contributed by atoms with Gasteiger partial charge in [-0.2, -0.15) is 0 Å². The second-order valence-electron chi connectivity index (χ2n) is 4.32. The molecule has 88 valence electrons. The van der Waals surface area contributed by atoms with Crippen LogP contribution < -0.4 is 5.73 Å². The van der Waals surface area contributed by atoms with Crippen LogP contribution in [0.25, 0.3) is 0 Å². The minimum Gasteiger partial charge on any atom is -0.481 e. The van der Waals surface area contributed by atoms with Crippen LogP contribution in [0.1, 0.15) is 38.5 Å². The number of aliphatic hydroxyl groups is 2. The first-order valence-electron chi connectivity index (χ1n) is 5.33. The summed E-state index contributed by atoms with van der Waals surface area (Å²) in [6.07, 6.45) is 1.24. The van der Waals surface area contributed by atoms with E-state index < -0.39 is 23.7 Å². The Bertz CT molecular complexity index is 221. The third-order valence-electron chi connectivity index (χ3n) is 3.20. The monoisotopic (exact) mass is 217 g/mol. The molecule has 5 heteroatoms. The normalized spacial score (nSPS) is 36.5. The Morgan fingerprint density at radius 1 is 1.33 bits per heavy atom. The lowest BCUT2D eigenvalue weighted by Crippen LogP contribution is -2.61. The van der Waals surface area contributed by atoms with Crippen molar-refractivity contribution in [2.75, 3.05) is 0 Å². The molecular weight excluding hydrogens is 198 g/mol. The van der Waals surface area contributed by atoms with Gasteiger partial charge < -0.3 is 21.1 Å². The molecule has 0 radical (unpaired) electrons. The zero-order chi connectivity index (χ0) is 11.5. The van der Waals surface area contributed by atoms with Crippen molar-refractivity contribution >= 4 is 5.97 Å². The molecule has 1 aliphatic rings. The highest BCUT2D eigenvalue weighted by molar-refractivity contribution is 5.66. The van der Waals surface area contributed by atoms with E-state index in [4.69, 9.17) is 10.8 Å². The Balaban J connectivity index is 2.50. The first kappa shape index (κ1) is 12.4. The van der Waals surface area contributed by atoms with Crippen molar-refractivity contribution in [1.29, 1.82) is 0 Å². The van der Waals surface area contributed by atoms with E-state index in [2.05, 4.69) is 0 Å². The van der Waals surface area contributed by atoms with Crippen LogP contribution in [0.15, 0.2) is 0 Å². The molecule has 0 amide bonds. The van der Waals surface area contributed by atoms with Crippen LogP contribution in [0, 0.1) is 0 Å². The van der Waals surface area contributed by atoms with Gasteiger partial charge in [0.05, 0.1) is 17.7 Å². The van der Waals surface area contributed by atoms with Crippen LogP contribution in [0.2, 0.25) is 0 Å². The molecule has 3 atom stereocenters. The Morgan fingerprint density at radius 2 is 1.87 bits per heavy atom. The quantitative estimate of drug-likeness (QED) is 0.524. The summed E-state index contributed by atoms with van der Waals surface area (Å²) in [5.74, 6) is -0.876. The number of hydrogen-bond acceptors (Lipinski definition) is 4. The fourth-order valence-corrected chi connectivity index (χ4v) is 2.14. The van der Waals surface area contributed by atoms with E-state index >= 15 is 0 Å². The van der Waals surface area contributed by atoms with Crippen molar-refractivity contribution in [3.05, 3.63) is 0 Å². The minimum atomic E-state index is -1.02. The summed E-state index contributed by atoms with van der Waals surface area (Å²) in [4.78, 5) is 10.3. The lowest BCUT2D eigenvalue weighted by molar-refractivity contribution is -0.137. The van der Waals surface area contributed by atoms with Crippen molar-refractivity contribution in [3.8, 4) is 0 Å². The average Bonchev–Trinajstić information content (AvgIpc) is 2.14. The highest BCUT2D eigenvalue weighted by Crippen LogP contribution is 2.31. The molecule has 0 aromatic carbocycles. The fourth-order valence-electron chi connectivity index (χ4n) is 2.14. The number of carbonyl (C=O) groups is 1. The molecule has 0 spiro atoms. The molecule has 0 bridgehead atoms. The van der Waals surface area contributed by atoms with E-state index in [1.807, 2.05) is 0 Å². The first-order chi connectivity index (χ1) is 6.97. The van der Waals surface area contributed by atoms with Crippen LogP contribution in [0.5, 0.6) is 0 Å². The zero-order valence-electron chi connectivity index (χ0n) is 8.72. The van der Waals surface area contributed by atoms with E-state index in [0.717, 1.165) is 6.42 Å². The SMILES string of the molecule is NC1(CCCC(=O)O)[C@H](O)CCC[C@@H]1O. The van der Waals surface area contributed by atoms with Crippen molar-refractivity contribution in [2.24, 2.45) is 5.73 Å². The highest BCUT2D eigenvalue weighted by Gasteiger charge is 2.42. The molecule has 1 saturated carbocycles.